The summed E-state index contributed by atoms with van der Waals surface area (Å²) >= 11 is 5.76. The number of hydrogen-bond acceptors (Lipinski definition) is 5. The second kappa shape index (κ2) is 5.48. The van der Waals surface area contributed by atoms with E-state index >= 15 is 0 Å². The molecule has 0 unspecified atom stereocenters. The number of rotatable bonds is 4. The van der Waals surface area contributed by atoms with Crippen LogP contribution < -0.4 is 10.5 Å². The highest BCUT2D eigenvalue weighted by atomic mass is 35.5. The van der Waals surface area contributed by atoms with Gasteiger partial charge in [-0.05, 0) is 19.1 Å². The normalized spacial score (nSPS) is 10.6. The summed E-state index contributed by atoms with van der Waals surface area (Å²) in [4.78, 5) is 10.5. The number of nitro benzene ring substituents is 1. The van der Waals surface area contributed by atoms with E-state index in [1.165, 1.54) is 22.9 Å². The minimum Gasteiger partial charge on any atom is -0.432 e. The van der Waals surface area contributed by atoms with Crippen molar-refractivity contribution in [2.24, 2.45) is 12.8 Å². The van der Waals surface area contributed by atoms with Crippen LogP contribution >= 0.6 is 11.6 Å². The second-order valence-corrected chi connectivity index (χ2v) is 4.60. The number of nitrogens with zero attached hydrogens (tertiary/aromatic N) is 3. The average molecular weight is 297 g/mol. The molecule has 1 aromatic heterocycles. The van der Waals surface area contributed by atoms with Gasteiger partial charge in [0.25, 0.3) is 0 Å². The van der Waals surface area contributed by atoms with Crippen molar-refractivity contribution in [3.8, 4) is 11.6 Å². The summed E-state index contributed by atoms with van der Waals surface area (Å²) in [6.07, 6.45) is 0. The van der Waals surface area contributed by atoms with Gasteiger partial charge in [-0.15, -0.1) is 0 Å². The predicted molar refractivity (Wildman–Crippen MR) is 74.0 cm³/mol. The van der Waals surface area contributed by atoms with Crippen LogP contribution in [0.4, 0.5) is 5.69 Å². The van der Waals surface area contributed by atoms with Gasteiger partial charge in [0.1, 0.15) is 0 Å². The highest BCUT2D eigenvalue weighted by Crippen LogP contribution is 2.35. The number of aromatic nitrogens is 2. The van der Waals surface area contributed by atoms with Crippen LogP contribution in [0.25, 0.3) is 0 Å². The molecule has 0 saturated heterocycles. The van der Waals surface area contributed by atoms with E-state index in [0.717, 1.165) is 5.69 Å². The van der Waals surface area contributed by atoms with Gasteiger partial charge in [0, 0.05) is 24.7 Å². The number of benzene rings is 1. The van der Waals surface area contributed by atoms with Crippen LogP contribution in [0.15, 0.2) is 18.2 Å². The van der Waals surface area contributed by atoms with Crippen molar-refractivity contribution in [2.75, 3.05) is 0 Å². The zero-order valence-corrected chi connectivity index (χ0v) is 11.7. The third-order valence-electron chi connectivity index (χ3n) is 2.82. The minimum atomic E-state index is -0.549. The second-order valence-electron chi connectivity index (χ2n) is 4.17. The maximum atomic E-state index is 11.0. The van der Waals surface area contributed by atoms with Crippen molar-refractivity contribution in [1.82, 2.24) is 9.78 Å². The lowest BCUT2D eigenvalue weighted by atomic mass is 10.2. The molecule has 2 N–H and O–H groups in total. The molecule has 0 aliphatic rings. The van der Waals surface area contributed by atoms with Crippen LogP contribution in [0.2, 0.25) is 5.02 Å². The number of nitrogens with two attached hydrogens (primary N) is 1. The van der Waals surface area contributed by atoms with Crippen LogP contribution in [-0.2, 0) is 13.6 Å². The monoisotopic (exact) mass is 296 g/mol. The summed E-state index contributed by atoms with van der Waals surface area (Å²) in [5, 5.41) is 15.5. The van der Waals surface area contributed by atoms with Gasteiger partial charge in [-0.25, -0.2) is 4.68 Å². The molecule has 0 aliphatic carbocycles. The van der Waals surface area contributed by atoms with Crippen LogP contribution in [0.3, 0.4) is 0 Å². The summed E-state index contributed by atoms with van der Waals surface area (Å²) in [6.45, 7) is 2.03. The Labute approximate surface area is 120 Å². The molecule has 1 heterocycles. The maximum absolute atomic E-state index is 11.0. The summed E-state index contributed by atoms with van der Waals surface area (Å²) in [5.74, 6) is 0.479. The van der Waals surface area contributed by atoms with E-state index in [0.29, 0.717) is 11.4 Å². The molecule has 0 fully saturated rings. The van der Waals surface area contributed by atoms with Gasteiger partial charge >= 0.3 is 5.69 Å². The van der Waals surface area contributed by atoms with Crippen LogP contribution in [0.5, 0.6) is 11.6 Å². The first kappa shape index (κ1) is 14.3. The zero-order valence-electron chi connectivity index (χ0n) is 11.0. The molecule has 106 valence electrons. The van der Waals surface area contributed by atoms with Crippen LogP contribution in [-0.4, -0.2) is 14.7 Å². The third kappa shape index (κ3) is 2.59. The Balaban J connectivity index is 2.48. The lowest BCUT2D eigenvalue weighted by Gasteiger charge is -2.08. The lowest BCUT2D eigenvalue weighted by Crippen LogP contribution is -2.02. The molecule has 0 bridgehead atoms. The van der Waals surface area contributed by atoms with Crippen LogP contribution in [0.1, 0.15) is 11.3 Å². The highest BCUT2D eigenvalue weighted by Gasteiger charge is 2.20. The molecule has 20 heavy (non-hydrogen) atoms. The average Bonchev–Trinajstić information content (AvgIpc) is 2.65. The number of ether oxygens (including phenoxy) is 1. The Morgan fingerprint density at radius 2 is 2.25 bits per heavy atom. The molecule has 0 spiro atoms. The molecular weight excluding hydrogens is 284 g/mol. The molecule has 2 aromatic rings. The Bertz CT molecular complexity index is 669. The standard InChI is InChI=1S/C12H13ClN4O3/c1-7-9(6-14)12(16(2)15-7)20-11-4-3-8(13)5-10(11)17(18)19/h3-5H,6,14H2,1-2H3. The van der Waals surface area contributed by atoms with E-state index in [4.69, 9.17) is 22.1 Å². The van der Waals surface area contributed by atoms with E-state index in [2.05, 4.69) is 5.10 Å². The Morgan fingerprint density at radius 3 is 2.85 bits per heavy atom. The van der Waals surface area contributed by atoms with Gasteiger partial charge in [0.15, 0.2) is 0 Å². The molecule has 7 nitrogen and oxygen atoms in total. The van der Waals surface area contributed by atoms with Crippen LogP contribution in [0, 0.1) is 17.0 Å². The topological polar surface area (TPSA) is 96.2 Å². The van der Waals surface area contributed by atoms with E-state index in [-0.39, 0.29) is 23.0 Å². The minimum absolute atomic E-state index is 0.0945. The van der Waals surface area contributed by atoms with Gasteiger partial charge in [-0.3, -0.25) is 10.1 Å². The quantitative estimate of drug-likeness (QED) is 0.691. The van der Waals surface area contributed by atoms with Gasteiger partial charge in [0.05, 0.1) is 16.2 Å². The Morgan fingerprint density at radius 1 is 1.55 bits per heavy atom. The largest absolute Gasteiger partial charge is 0.432 e. The van der Waals surface area contributed by atoms with Crippen molar-refractivity contribution < 1.29 is 9.66 Å². The molecular formula is C12H13ClN4O3. The molecule has 0 radical (unpaired) electrons. The van der Waals surface area contributed by atoms with Gasteiger partial charge in [-0.2, -0.15) is 5.10 Å². The van der Waals surface area contributed by atoms with Crippen molar-refractivity contribution >= 4 is 17.3 Å². The molecule has 0 atom stereocenters. The summed E-state index contributed by atoms with van der Waals surface area (Å²) in [6, 6.07) is 4.21. The maximum Gasteiger partial charge on any atom is 0.313 e. The molecule has 0 saturated carbocycles. The fourth-order valence-electron chi connectivity index (χ4n) is 1.87. The molecule has 0 aliphatic heterocycles. The predicted octanol–water partition coefficient (Wildman–Crippen LogP) is 2.54. The summed E-state index contributed by atoms with van der Waals surface area (Å²) in [5.41, 5.74) is 6.87. The Hall–Kier alpha value is -2.12. The van der Waals surface area contributed by atoms with Crippen molar-refractivity contribution in [3.05, 3.63) is 44.6 Å². The number of nitro groups is 1. The highest BCUT2D eigenvalue weighted by molar-refractivity contribution is 6.30. The summed E-state index contributed by atoms with van der Waals surface area (Å²) < 4.78 is 7.12. The van der Waals surface area contributed by atoms with Crippen molar-refractivity contribution in [3.63, 3.8) is 0 Å². The Kier molecular flexibility index (Phi) is 3.91. The first-order chi connectivity index (χ1) is 9.43. The number of aryl methyl sites for hydroxylation is 2. The first-order valence-corrected chi connectivity index (χ1v) is 6.16. The lowest BCUT2D eigenvalue weighted by molar-refractivity contribution is -0.385. The zero-order chi connectivity index (χ0) is 14.9. The van der Waals surface area contributed by atoms with Gasteiger partial charge in [-0.1, -0.05) is 11.6 Å². The van der Waals surface area contributed by atoms with Crippen molar-refractivity contribution in [1.29, 1.82) is 0 Å². The van der Waals surface area contributed by atoms with Gasteiger partial charge in [0.2, 0.25) is 11.6 Å². The number of hydrogen-bond donors (Lipinski definition) is 1. The SMILES string of the molecule is Cc1nn(C)c(Oc2ccc(Cl)cc2[N+](=O)[O-])c1CN. The fourth-order valence-corrected chi connectivity index (χ4v) is 2.03. The molecule has 0 amide bonds. The van der Waals surface area contributed by atoms with E-state index < -0.39 is 4.92 Å². The third-order valence-corrected chi connectivity index (χ3v) is 3.05. The molecule has 1 aromatic carbocycles. The fraction of sp³-hybridized carbons (Fsp3) is 0.250. The molecule has 2 rings (SSSR count). The van der Waals surface area contributed by atoms with Gasteiger partial charge < -0.3 is 10.5 Å². The molecule has 8 heteroatoms. The summed E-state index contributed by atoms with van der Waals surface area (Å²) in [7, 11) is 1.68. The van der Waals surface area contributed by atoms with E-state index in [1.807, 2.05) is 0 Å². The van der Waals surface area contributed by atoms with Crippen molar-refractivity contribution in [2.45, 2.75) is 13.5 Å². The number of halogens is 1. The van der Waals surface area contributed by atoms with E-state index in [1.54, 1.807) is 14.0 Å². The first-order valence-electron chi connectivity index (χ1n) is 5.78. The smallest absolute Gasteiger partial charge is 0.313 e. The van der Waals surface area contributed by atoms with E-state index in [9.17, 15) is 10.1 Å².